The predicted octanol–water partition coefficient (Wildman–Crippen LogP) is 4.39. The highest BCUT2D eigenvalue weighted by molar-refractivity contribution is 7.07. The number of halogens is 3. The van der Waals surface area contributed by atoms with Gasteiger partial charge >= 0.3 is 6.18 Å². The van der Waals surface area contributed by atoms with Crippen molar-refractivity contribution in [2.75, 3.05) is 39.3 Å². The normalized spacial score (nSPS) is 17.1. The van der Waals surface area contributed by atoms with Gasteiger partial charge in [0.2, 0.25) is 0 Å². The van der Waals surface area contributed by atoms with Crippen LogP contribution in [0.25, 0.3) is 16.6 Å². The molecule has 2 saturated heterocycles. The summed E-state index contributed by atoms with van der Waals surface area (Å²) in [4.78, 5) is 35.7. The summed E-state index contributed by atoms with van der Waals surface area (Å²) in [7, 11) is 0. The number of alkyl halides is 3. The fourth-order valence-corrected chi connectivity index (χ4v) is 5.64. The summed E-state index contributed by atoms with van der Waals surface area (Å²) >= 11 is 1.41. The molecule has 0 atom stereocenters. The van der Waals surface area contributed by atoms with Crippen molar-refractivity contribution in [2.24, 2.45) is 0 Å². The van der Waals surface area contributed by atoms with E-state index in [1.807, 2.05) is 32.6 Å². The summed E-state index contributed by atoms with van der Waals surface area (Å²) in [6.07, 6.45) is -2.59. The molecule has 2 aliphatic rings. The molecule has 0 saturated carbocycles. The van der Waals surface area contributed by atoms with E-state index in [1.54, 1.807) is 23.2 Å². The molecular weight excluding hydrogens is 515 g/mol. The van der Waals surface area contributed by atoms with Crippen LogP contribution in [-0.4, -0.2) is 81.4 Å². The van der Waals surface area contributed by atoms with Crippen molar-refractivity contribution in [1.29, 1.82) is 0 Å². The van der Waals surface area contributed by atoms with Gasteiger partial charge in [-0.15, -0.1) is 11.3 Å². The van der Waals surface area contributed by atoms with Gasteiger partial charge in [0.25, 0.3) is 11.8 Å². The van der Waals surface area contributed by atoms with Crippen LogP contribution in [0.2, 0.25) is 0 Å². The molecule has 11 heteroatoms. The first kappa shape index (κ1) is 24.6. The number of hydrogen-bond donors (Lipinski definition) is 0. The van der Waals surface area contributed by atoms with Crippen LogP contribution in [0.15, 0.2) is 65.6 Å². The Hall–Kier alpha value is -3.70. The van der Waals surface area contributed by atoms with Gasteiger partial charge in [-0.1, -0.05) is 0 Å². The van der Waals surface area contributed by atoms with Gasteiger partial charge in [-0.3, -0.25) is 14.5 Å². The van der Waals surface area contributed by atoms with Crippen LogP contribution >= 0.6 is 11.3 Å². The number of rotatable bonds is 4. The molecule has 6 rings (SSSR count). The molecule has 0 aliphatic carbocycles. The maximum absolute atomic E-state index is 13.1. The third kappa shape index (κ3) is 4.56. The van der Waals surface area contributed by atoms with E-state index >= 15 is 0 Å². The lowest BCUT2D eigenvalue weighted by molar-refractivity contribution is -0.137. The number of likely N-dealkylation sites (tertiary alicyclic amines) is 1. The molecule has 0 unspecified atom stereocenters. The first-order valence-electron chi connectivity index (χ1n) is 12.3. The fraction of sp³-hybridized carbons (Fsp3) is 0.296. The Balaban J connectivity index is 1.06. The number of fused-ring (bicyclic) bond motifs is 1. The summed E-state index contributed by atoms with van der Waals surface area (Å²) in [5.41, 5.74) is 3.48. The summed E-state index contributed by atoms with van der Waals surface area (Å²) in [6.45, 7) is 4.12. The second-order valence-corrected chi connectivity index (χ2v) is 10.3. The minimum absolute atomic E-state index is 0.0288. The van der Waals surface area contributed by atoms with Crippen molar-refractivity contribution < 1.29 is 22.8 Å². The first-order chi connectivity index (χ1) is 18.3. The van der Waals surface area contributed by atoms with Crippen LogP contribution in [0.3, 0.4) is 0 Å². The van der Waals surface area contributed by atoms with Gasteiger partial charge in [0, 0.05) is 73.5 Å². The fourth-order valence-electron chi connectivity index (χ4n) is 5.12. The highest BCUT2D eigenvalue weighted by Crippen LogP contribution is 2.31. The Labute approximate surface area is 220 Å². The predicted molar refractivity (Wildman–Crippen MR) is 138 cm³/mol. The highest BCUT2D eigenvalue weighted by atomic mass is 32.1. The number of carbonyl (C=O) groups is 2. The minimum Gasteiger partial charge on any atom is -0.335 e. The number of piperazine rings is 1. The Morgan fingerprint density at radius 1 is 0.895 bits per heavy atom. The van der Waals surface area contributed by atoms with Crippen molar-refractivity contribution in [2.45, 2.75) is 12.2 Å². The average molecular weight is 540 g/mol. The monoisotopic (exact) mass is 539 g/mol. The van der Waals surface area contributed by atoms with Crippen LogP contribution in [0, 0.1) is 0 Å². The smallest absolute Gasteiger partial charge is 0.335 e. The largest absolute Gasteiger partial charge is 0.416 e. The lowest BCUT2D eigenvalue weighted by Gasteiger charge is -2.48. The number of amides is 2. The third-order valence-corrected chi connectivity index (χ3v) is 7.92. The van der Waals surface area contributed by atoms with E-state index in [1.165, 1.54) is 23.5 Å². The summed E-state index contributed by atoms with van der Waals surface area (Å²) < 4.78 is 40.5. The molecule has 38 heavy (non-hydrogen) atoms. The van der Waals surface area contributed by atoms with E-state index in [-0.39, 0.29) is 17.9 Å². The van der Waals surface area contributed by atoms with Crippen LogP contribution in [-0.2, 0) is 6.18 Å². The van der Waals surface area contributed by atoms with Crippen molar-refractivity contribution >= 4 is 34.1 Å². The van der Waals surface area contributed by atoms with E-state index < -0.39 is 11.7 Å². The van der Waals surface area contributed by atoms with E-state index in [0.29, 0.717) is 43.1 Å². The highest BCUT2D eigenvalue weighted by Gasteiger charge is 2.37. The van der Waals surface area contributed by atoms with Gasteiger partial charge in [0.05, 0.1) is 16.6 Å². The molecule has 0 radical (unpaired) electrons. The summed E-state index contributed by atoms with van der Waals surface area (Å²) in [5, 5.41) is 2.61. The summed E-state index contributed by atoms with van der Waals surface area (Å²) in [5.74, 6) is -0.0679. The second kappa shape index (κ2) is 9.55. The topological polar surface area (TPSA) is 61.7 Å². The molecule has 2 fully saturated rings. The van der Waals surface area contributed by atoms with Crippen molar-refractivity contribution in [3.63, 3.8) is 0 Å². The molecule has 4 heterocycles. The van der Waals surface area contributed by atoms with Gasteiger partial charge in [-0.25, -0.2) is 4.98 Å². The SMILES string of the molecule is O=C(c1ccc2c(ccn2-c2ccc(C(F)(F)F)cc2)c1)N1CC(N2CCN(C(=O)c3cscn3)CC2)C1. The van der Waals surface area contributed by atoms with Crippen molar-refractivity contribution in [3.05, 3.63) is 82.4 Å². The molecule has 0 spiro atoms. The molecule has 7 nitrogen and oxygen atoms in total. The molecule has 0 N–H and O–H groups in total. The molecule has 196 valence electrons. The van der Waals surface area contributed by atoms with Crippen LogP contribution < -0.4 is 0 Å². The number of benzene rings is 2. The number of hydrogen-bond acceptors (Lipinski definition) is 5. The number of aromatic nitrogens is 2. The third-order valence-electron chi connectivity index (χ3n) is 7.33. The van der Waals surface area contributed by atoms with Crippen molar-refractivity contribution in [1.82, 2.24) is 24.3 Å². The Bertz CT molecular complexity index is 1470. The van der Waals surface area contributed by atoms with E-state index in [0.717, 1.165) is 36.1 Å². The van der Waals surface area contributed by atoms with Crippen LogP contribution in [0.1, 0.15) is 26.4 Å². The number of carbonyl (C=O) groups excluding carboxylic acids is 2. The van der Waals surface area contributed by atoms with E-state index in [9.17, 15) is 22.8 Å². The first-order valence-corrected chi connectivity index (χ1v) is 13.2. The standard InChI is InChI=1S/C27H24F3N5O2S/c28-27(29,30)20-2-4-21(5-3-20)35-8-7-18-13-19(1-6-24(18)35)25(36)34-14-22(15-34)32-9-11-33(12-10-32)26(37)23-16-38-17-31-23/h1-8,13,16-17,22H,9-12,14-15H2. The summed E-state index contributed by atoms with van der Waals surface area (Å²) in [6, 6.07) is 12.6. The molecule has 4 aromatic rings. The Morgan fingerprint density at radius 2 is 1.63 bits per heavy atom. The Morgan fingerprint density at radius 3 is 2.29 bits per heavy atom. The van der Waals surface area contributed by atoms with E-state index in [2.05, 4.69) is 9.88 Å². The maximum Gasteiger partial charge on any atom is 0.416 e. The zero-order valence-electron chi connectivity index (χ0n) is 20.3. The lowest BCUT2D eigenvalue weighted by Crippen LogP contribution is -2.64. The molecule has 2 aromatic carbocycles. The maximum atomic E-state index is 13.1. The van der Waals surface area contributed by atoms with Gasteiger partial charge < -0.3 is 14.4 Å². The second-order valence-electron chi connectivity index (χ2n) is 9.57. The van der Waals surface area contributed by atoms with Crippen molar-refractivity contribution in [3.8, 4) is 5.69 Å². The zero-order valence-corrected chi connectivity index (χ0v) is 21.1. The Kier molecular flexibility index (Phi) is 6.19. The van der Waals surface area contributed by atoms with Crippen LogP contribution in [0.5, 0.6) is 0 Å². The number of thiazole rings is 1. The molecule has 2 aliphatic heterocycles. The molecule has 2 aromatic heterocycles. The van der Waals surface area contributed by atoms with Crippen LogP contribution in [0.4, 0.5) is 13.2 Å². The number of nitrogens with zero attached hydrogens (tertiary/aromatic N) is 5. The van der Waals surface area contributed by atoms with Gasteiger partial charge in [-0.2, -0.15) is 13.2 Å². The molecular formula is C27H24F3N5O2S. The lowest BCUT2D eigenvalue weighted by atomic mass is 10.0. The van der Waals surface area contributed by atoms with Gasteiger partial charge in [0.15, 0.2) is 0 Å². The molecule has 2 amide bonds. The quantitative estimate of drug-likeness (QED) is 0.386. The van der Waals surface area contributed by atoms with E-state index in [4.69, 9.17) is 0 Å². The average Bonchev–Trinajstić information content (AvgIpc) is 3.57. The van der Waals surface area contributed by atoms with Gasteiger partial charge in [-0.05, 0) is 48.5 Å². The molecule has 0 bridgehead atoms. The minimum atomic E-state index is -4.38. The zero-order chi connectivity index (χ0) is 26.4. The van der Waals surface area contributed by atoms with Gasteiger partial charge in [0.1, 0.15) is 5.69 Å².